The molecule has 3 N–H and O–H groups in total. The second-order valence-corrected chi connectivity index (χ2v) is 9.31. The largest absolute Gasteiger partial charge is 0.493 e. The second-order valence-electron chi connectivity index (χ2n) is 8.59. The first kappa shape index (κ1) is 26.9. The molecule has 2 amide bonds. The van der Waals surface area contributed by atoms with Crippen LogP contribution in [0, 0.1) is 0 Å². The molecule has 12 heteroatoms. The first-order valence-corrected chi connectivity index (χ1v) is 12.7. The van der Waals surface area contributed by atoms with Gasteiger partial charge >= 0.3 is 0 Å². The third-order valence-electron chi connectivity index (χ3n) is 6.01. The molecule has 0 spiro atoms. The number of ether oxygens (including phenoxy) is 3. The summed E-state index contributed by atoms with van der Waals surface area (Å²) in [7, 11) is 1.51. The second kappa shape index (κ2) is 12.9. The molecule has 4 bridgehead atoms. The predicted molar refractivity (Wildman–Crippen MR) is 139 cm³/mol. The highest BCUT2D eigenvalue weighted by atomic mass is 32.1. The molecule has 6 rings (SSSR count). The van der Waals surface area contributed by atoms with Crippen LogP contribution in [0.1, 0.15) is 21.6 Å². The zero-order chi connectivity index (χ0) is 26.9. The number of likely N-dealkylation sites (tertiary alicyclic amines) is 1. The van der Waals surface area contributed by atoms with Crippen molar-refractivity contribution in [1.29, 1.82) is 0 Å². The Morgan fingerprint density at radius 2 is 2.00 bits per heavy atom. The maximum atomic E-state index is 13.2. The summed E-state index contributed by atoms with van der Waals surface area (Å²) in [6, 6.07) is 12.3. The minimum atomic E-state index is -0.277. The van der Waals surface area contributed by atoms with E-state index in [1.807, 2.05) is 35.2 Å². The number of fused-ring (bicyclic) bond motifs is 7. The van der Waals surface area contributed by atoms with Crippen LogP contribution in [-0.2, 0) is 22.7 Å². The molecule has 38 heavy (non-hydrogen) atoms. The first-order chi connectivity index (χ1) is 18.5. The van der Waals surface area contributed by atoms with Gasteiger partial charge in [-0.3, -0.25) is 19.3 Å². The van der Waals surface area contributed by atoms with Crippen LogP contribution < -0.4 is 24.8 Å². The van der Waals surface area contributed by atoms with Gasteiger partial charge in [-0.2, -0.15) is 0 Å². The van der Waals surface area contributed by atoms with Crippen molar-refractivity contribution >= 4 is 29.6 Å². The Labute approximate surface area is 223 Å². The molecule has 1 aromatic heterocycles. The molecular formula is C26H28N4O7S. The Hall–Kier alpha value is -4.16. The number of nitrogens with zero attached hydrogens (tertiary/aromatic N) is 2. The van der Waals surface area contributed by atoms with Gasteiger partial charge in [-0.25, -0.2) is 4.98 Å². The standard InChI is InChI=1S/C25H26N4O5S.CH2O2/c1-32-21-7-4-17-8-22(21)33-13-24(30)26-9-16-2-5-19(6-3-16)34-23-12-29(10-18-14-35-15-27-18)11-20(23)28-25(17)31;2-1-3/h2-8,14-15,20,23H,9-13H2,1H3,(H,26,30)(H,28,31);1H,(H,2,3)/t20-,23-;/m0./s1. The molecule has 11 nitrogen and oxygen atoms in total. The van der Waals surface area contributed by atoms with Crippen molar-refractivity contribution in [3.8, 4) is 17.2 Å². The summed E-state index contributed by atoms with van der Waals surface area (Å²) in [5, 5.41) is 14.9. The summed E-state index contributed by atoms with van der Waals surface area (Å²) < 4.78 is 17.4. The van der Waals surface area contributed by atoms with Gasteiger partial charge < -0.3 is 30.0 Å². The molecule has 4 heterocycles. The molecule has 200 valence electrons. The molecule has 2 atom stereocenters. The maximum absolute atomic E-state index is 13.2. The normalized spacial score (nSPS) is 19.4. The van der Waals surface area contributed by atoms with Gasteiger partial charge in [-0.15, -0.1) is 11.3 Å². The highest BCUT2D eigenvalue weighted by Crippen LogP contribution is 2.29. The Morgan fingerprint density at radius 1 is 1.21 bits per heavy atom. The molecule has 0 radical (unpaired) electrons. The topological polar surface area (TPSA) is 139 Å². The highest BCUT2D eigenvalue weighted by Gasteiger charge is 2.36. The molecule has 3 aliphatic heterocycles. The number of aromatic nitrogens is 1. The van der Waals surface area contributed by atoms with Crippen LogP contribution in [0.25, 0.3) is 0 Å². The van der Waals surface area contributed by atoms with E-state index in [9.17, 15) is 9.59 Å². The SMILES string of the molecule is COc1ccc2cc1OCC(=O)NCc1ccc(cc1)O[C@H]1CN(Cc3cscn3)C[C@@H]1NC2=O.O=CO. The fraction of sp³-hybridized carbons (Fsp3) is 0.308. The first-order valence-electron chi connectivity index (χ1n) is 11.8. The summed E-state index contributed by atoms with van der Waals surface area (Å²) >= 11 is 1.56. The van der Waals surface area contributed by atoms with E-state index in [0.717, 1.165) is 11.3 Å². The van der Waals surface area contributed by atoms with Gasteiger partial charge in [0.2, 0.25) is 0 Å². The number of thiazole rings is 1. The van der Waals surface area contributed by atoms with Gasteiger partial charge in [-0.05, 0) is 35.9 Å². The Morgan fingerprint density at radius 3 is 2.71 bits per heavy atom. The van der Waals surface area contributed by atoms with Crippen molar-refractivity contribution in [2.24, 2.45) is 0 Å². The number of carbonyl (C=O) groups excluding carboxylic acids is 2. The minimum Gasteiger partial charge on any atom is -0.493 e. The van der Waals surface area contributed by atoms with Gasteiger partial charge in [-0.1, -0.05) is 12.1 Å². The Bertz CT molecular complexity index is 1240. The molecule has 3 aliphatic rings. The van der Waals surface area contributed by atoms with E-state index in [1.54, 1.807) is 29.5 Å². The fourth-order valence-electron chi connectivity index (χ4n) is 4.22. The molecular weight excluding hydrogens is 512 g/mol. The van der Waals surface area contributed by atoms with Crippen molar-refractivity contribution in [3.05, 3.63) is 70.2 Å². The van der Waals surface area contributed by atoms with Gasteiger partial charge in [0.25, 0.3) is 18.3 Å². The Balaban J connectivity index is 0.00000107. The number of methoxy groups -OCH3 is 1. The lowest BCUT2D eigenvalue weighted by Gasteiger charge is -2.21. The third-order valence-corrected chi connectivity index (χ3v) is 6.65. The van der Waals surface area contributed by atoms with Gasteiger partial charge in [0.1, 0.15) is 11.9 Å². The van der Waals surface area contributed by atoms with Crippen LogP contribution >= 0.6 is 11.3 Å². The van der Waals surface area contributed by atoms with Crippen LogP contribution in [0.3, 0.4) is 0 Å². The van der Waals surface area contributed by atoms with Crippen LogP contribution in [0.15, 0.2) is 53.4 Å². The zero-order valence-electron chi connectivity index (χ0n) is 20.7. The summed E-state index contributed by atoms with van der Waals surface area (Å²) in [6.07, 6.45) is -0.243. The highest BCUT2D eigenvalue weighted by molar-refractivity contribution is 7.07. The number of nitrogens with one attached hydrogen (secondary N) is 2. The molecule has 3 aromatic rings. The zero-order valence-corrected chi connectivity index (χ0v) is 21.5. The van der Waals surface area contributed by atoms with E-state index in [1.165, 1.54) is 7.11 Å². The van der Waals surface area contributed by atoms with E-state index in [0.29, 0.717) is 49.0 Å². The van der Waals surface area contributed by atoms with Crippen LogP contribution in [0.4, 0.5) is 0 Å². The lowest BCUT2D eigenvalue weighted by atomic mass is 10.1. The van der Waals surface area contributed by atoms with E-state index in [4.69, 9.17) is 24.1 Å². The number of hydrogen-bond acceptors (Lipinski definition) is 9. The number of carbonyl (C=O) groups is 3. The lowest BCUT2D eigenvalue weighted by Crippen LogP contribution is -2.45. The van der Waals surface area contributed by atoms with Crippen LogP contribution in [0.5, 0.6) is 17.2 Å². The smallest absolute Gasteiger partial charge is 0.290 e. The maximum Gasteiger partial charge on any atom is 0.290 e. The third kappa shape index (κ3) is 6.99. The van der Waals surface area contributed by atoms with E-state index >= 15 is 0 Å². The summed E-state index contributed by atoms with van der Waals surface area (Å²) in [5.41, 5.74) is 4.17. The average Bonchev–Trinajstić information content (AvgIpc) is 3.56. The molecule has 1 fully saturated rings. The van der Waals surface area contributed by atoms with E-state index in [2.05, 4.69) is 20.5 Å². The molecule has 0 aliphatic carbocycles. The van der Waals surface area contributed by atoms with Gasteiger partial charge in [0.05, 0.1) is 24.4 Å². The fourth-order valence-corrected chi connectivity index (χ4v) is 4.77. The number of hydrogen-bond donors (Lipinski definition) is 3. The van der Waals surface area contributed by atoms with Crippen molar-refractivity contribution in [3.63, 3.8) is 0 Å². The lowest BCUT2D eigenvalue weighted by molar-refractivity contribution is -0.123. The van der Waals surface area contributed by atoms with E-state index < -0.39 is 0 Å². The number of amides is 2. The number of benzene rings is 2. The monoisotopic (exact) mass is 540 g/mol. The van der Waals surface area contributed by atoms with Crippen molar-refractivity contribution in [2.75, 3.05) is 26.8 Å². The van der Waals surface area contributed by atoms with Crippen molar-refractivity contribution < 1.29 is 33.7 Å². The van der Waals surface area contributed by atoms with Crippen LogP contribution in [0.2, 0.25) is 0 Å². The van der Waals surface area contributed by atoms with Crippen molar-refractivity contribution in [2.45, 2.75) is 25.2 Å². The average molecular weight is 541 g/mol. The molecule has 0 unspecified atom stereocenters. The number of rotatable bonds is 3. The quantitative estimate of drug-likeness (QED) is 0.425. The van der Waals surface area contributed by atoms with E-state index in [-0.39, 0.29) is 37.0 Å². The Kier molecular flexibility index (Phi) is 9.11. The predicted octanol–water partition coefficient (Wildman–Crippen LogP) is 1.92. The minimum absolute atomic E-state index is 0.196. The summed E-state index contributed by atoms with van der Waals surface area (Å²) in [4.78, 5) is 40.5. The summed E-state index contributed by atoms with van der Waals surface area (Å²) in [5.74, 6) is 0.947. The summed E-state index contributed by atoms with van der Waals surface area (Å²) in [6.45, 7) is 1.89. The molecule has 1 saturated heterocycles. The molecule has 0 saturated carbocycles. The van der Waals surface area contributed by atoms with Crippen LogP contribution in [-0.4, -0.2) is 72.2 Å². The van der Waals surface area contributed by atoms with Gasteiger partial charge in [0, 0.05) is 37.1 Å². The van der Waals surface area contributed by atoms with Crippen molar-refractivity contribution in [1.82, 2.24) is 20.5 Å². The molecule has 2 aromatic carbocycles. The van der Waals surface area contributed by atoms with Gasteiger partial charge in [0.15, 0.2) is 18.1 Å². The number of carboxylic acid groups (broad SMARTS) is 1.